The van der Waals surface area contributed by atoms with E-state index < -0.39 is 0 Å². The van der Waals surface area contributed by atoms with Crippen LogP contribution >= 0.6 is 0 Å². The molecule has 0 aromatic heterocycles. The fourth-order valence-electron chi connectivity index (χ4n) is 3.10. The number of hydrogen-bond donors (Lipinski definition) is 2. The fourth-order valence-corrected chi connectivity index (χ4v) is 3.10. The SMILES string of the molecule is CN1CC(N2CCNCC2)C(O)c2ccccc21. The van der Waals surface area contributed by atoms with Crippen molar-refractivity contribution < 1.29 is 5.11 Å². The summed E-state index contributed by atoms with van der Waals surface area (Å²) in [6.07, 6.45) is -0.365. The van der Waals surface area contributed by atoms with Gasteiger partial charge in [-0.1, -0.05) is 18.2 Å². The molecule has 0 amide bonds. The third-order valence-electron chi connectivity index (χ3n) is 4.11. The summed E-state index contributed by atoms with van der Waals surface area (Å²) in [4.78, 5) is 4.67. The predicted molar refractivity (Wildman–Crippen MR) is 72.9 cm³/mol. The number of likely N-dealkylation sites (N-methyl/N-ethyl adjacent to an activating group) is 1. The number of anilines is 1. The van der Waals surface area contributed by atoms with Gasteiger partial charge in [0.1, 0.15) is 0 Å². The zero-order chi connectivity index (χ0) is 12.5. The van der Waals surface area contributed by atoms with Crippen LogP contribution in [0.2, 0.25) is 0 Å². The molecule has 18 heavy (non-hydrogen) atoms. The van der Waals surface area contributed by atoms with Crippen LogP contribution in [0.4, 0.5) is 5.69 Å². The third kappa shape index (κ3) is 2.00. The van der Waals surface area contributed by atoms with Crippen molar-refractivity contribution in [1.82, 2.24) is 10.2 Å². The van der Waals surface area contributed by atoms with E-state index in [0.717, 1.165) is 44.0 Å². The van der Waals surface area contributed by atoms with Crippen molar-refractivity contribution in [2.24, 2.45) is 0 Å². The van der Waals surface area contributed by atoms with Gasteiger partial charge in [-0.25, -0.2) is 0 Å². The Hall–Kier alpha value is -1.10. The van der Waals surface area contributed by atoms with E-state index in [-0.39, 0.29) is 12.1 Å². The summed E-state index contributed by atoms with van der Waals surface area (Å²) < 4.78 is 0. The van der Waals surface area contributed by atoms with Gasteiger partial charge in [-0.2, -0.15) is 0 Å². The van der Waals surface area contributed by atoms with E-state index in [9.17, 15) is 5.11 Å². The Kier molecular flexibility index (Phi) is 3.24. The van der Waals surface area contributed by atoms with Gasteiger partial charge in [0, 0.05) is 51.0 Å². The second-order valence-electron chi connectivity index (χ2n) is 5.24. The summed E-state index contributed by atoms with van der Waals surface area (Å²) in [5, 5.41) is 14.0. The number of rotatable bonds is 1. The van der Waals surface area contributed by atoms with Crippen LogP contribution in [0.3, 0.4) is 0 Å². The fraction of sp³-hybridized carbons (Fsp3) is 0.571. The standard InChI is InChI=1S/C14H21N3O/c1-16-10-13(17-8-6-15-7-9-17)14(18)11-4-2-3-5-12(11)16/h2-5,13-15,18H,6-10H2,1H3. The number of hydrogen-bond acceptors (Lipinski definition) is 4. The molecule has 2 atom stereocenters. The number of piperazine rings is 1. The molecule has 0 radical (unpaired) electrons. The number of aliphatic hydroxyl groups is 1. The predicted octanol–water partition coefficient (Wildman–Crippen LogP) is 0.444. The second-order valence-corrected chi connectivity index (χ2v) is 5.24. The van der Waals surface area contributed by atoms with E-state index in [1.165, 1.54) is 0 Å². The van der Waals surface area contributed by atoms with Crippen LogP contribution in [0.5, 0.6) is 0 Å². The summed E-state index contributed by atoms with van der Waals surface area (Å²) in [6.45, 7) is 5.00. The summed E-state index contributed by atoms with van der Waals surface area (Å²) in [5.74, 6) is 0. The van der Waals surface area contributed by atoms with Crippen LogP contribution in [0.25, 0.3) is 0 Å². The van der Waals surface area contributed by atoms with Gasteiger partial charge >= 0.3 is 0 Å². The molecule has 3 rings (SSSR count). The lowest BCUT2D eigenvalue weighted by atomic mass is 9.93. The van der Waals surface area contributed by atoms with Crippen LogP contribution in [0.1, 0.15) is 11.7 Å². The maximum Gasteiger partial charge on any atom is 0.0982 e. The van der Waals surface area contributed by atoms with E-state index in [2.05, 4.69) is 28.2 Å². The molecule has 1 fully saturated rings. The van der Waals surface area contributed by atoms with Crippen molar-refractivity contribution in [3.05, 3.63) is 29.8 Å². The molecule has 2 aliphatic heterocycles. The largest absolute Gasteiger partial charge is 0.387 e. The third-order valence-corrected chi connectivity index (χ3v) is 4.11. The first kappa shape index (κ1) is 12.0. The Morgan fingerprint density at radius 1 is 1.22 bits per heavy atom. The first-order valence-electron chi connectivity index (χ1n) is 6.70. The van der Waals surface area contributed by atoms with E-state index >= 15 is 0 Å². The number of nitrogens with one attached hydrogen (secondary N) is 1. The molecule has 2 aliphatic rings. The molecular formula is C14H21N3O. The molecule has 2 N–H and O–H groups in total. The molecule has 98 valence electrons. The van der Waals surface area contributed by atoms with Gasteiger partial charge in [-0.3, -0.25) is 4.90 Å². The van der Waals surface area contributed by atoms with Crippen molar-refractivity contribution in [1.29, 1.82) is 0 Å². The van der Waals surface area contributed by atoms with Crippen LogP contribution in [-0.2, 0) is 0 Å². The number of aliphatic hydroxyl groups excluding tert-OH is 1. The van der Waals surface area contributed by atoms with Crippen molar-refractivity contribution in [3.8, 4) is 0 Å². The second kappa shape index (κ2) is 4.88. The van der Waals surface area contributed by atoms with E-state index in [1.54, 1.807) is 0 Å². The average Bonchev–Trinajstić information content (AvgIpc) is 2.44. The average molecular weight is 247 g/mol. The highest BCUT2D eigenvalue weighted by molar-refractivity contribution is 5.56. The zero-order valence-corrected chi connectivity index (χ0v) is 10.8. The van der Waals surface area contributed by atoms with Crippen LogP contribution in [0.15, 0.2) is 24.3 Å². The number of nitrogens with zero attached hydrogens (tertiary/aromatic N) is 2. The maximum absolute atomic E-state index is 10.6. The van der Waals surface area contributed by atoms with Gasteiger partial charge < -0.3 is 15.3 Å². The molecule has 1 aromatic rings. The van der Waals surface area contributed by atoms with Gasteiger partial charge in [0.05, 0.1) is 12.1 Å². The molecule has 4 heteroatoms. The highest BCUT2D eigenvalue weighted by Gasteiger charge is 2.34. The minimum atomic E-state index is -0.365. The van der Waals surface area contributed by atoms with Crippen LogP contribution in [-0.4, -0.2) is 55.8 Å². The first-order valence-corrected chi connectivity index (χ1v) is 6.70. The molecular weight excluding hydrogens is 226 g/mol. The maximum atomic E-state index is 10.6. The smallest absolute Gasteiger partial charge is 0.0982 e. The monoisotopic (exact) mass is 247 g/mol. The number of para-hydroxylation sites is 1. The molecule has 2 unspecified atom stereocenters. The van der Waals surface area contributed by atoms with E-state index in [4.69, 9.17) is 0 Å². The van der Waals surface area contributed by atoms with Crippen LogP contribution < -0.4 is 10.2 Å². The molecule has 0 saturated carbocycles. The van der Waals surface area contributed by atoms with E-state index in [0.29, 0.717) is 0 Å². The lowest BCUT2D eigenvalue weighted by molar-refractivity contribution is 0.0406. The molecule has 1 aromatic carbocycles. The zero-order valence-electron chi connectivity index (χ0n) is 10.8. The topological polar surface area (TPSA) is 38.7 Å². The van der Waals surface area contributed by atoms with E-state index in [1.807, 2.05) is 18.2 Å². The number of benzene rings is 1. The molecule has 4 nitrogen and oxygen atoms in total. The molecule has 0 aliphatic carbocycles. The Morgan fingerprint density at radius 3 is 2.72 bits per heavy atom. The Balaban J connectivity index is 1.86. The molecule has 0 spiro atoms. The van der Waals surface area contributed by atoms with Crippen LogP contribution in [0, 0.1) is 0 Å². The highest BCUT2D eigenvalue weighted by Crippen LogP contribution is 2.34. The first-order chi connectivity index (χ1) is 8.77. The minimum Gasteiger partial charge on any atom is -0.387 e. The Morgan fingerprint density at radius 2 is 1.94 bits per heavy atom. The highest BCUT2D eigenvalue weighted by atomic mass is 16.3. The van der Waals surface area contributed by atoms with Gasteiger partial charge in [-0.15, -0.1) is 0 Å². The van der Waals surface area contributed by atoms with Gasteiger partial charge in [-0.05, 0) is 6.07 Å². The molecule has 1 saturated heterocycles. The molecule has 2 heterocycles. The summed E-state index contributed by atoms with van der Waals surface area (Å²) in [6, 6.07) is 8.40. The lowest BCUT2D eigenvalue weighted by Crippen LogP contribution is -2.55. The lowest BCUT2D eigenvalue weighted by Gasteiger charge is -2.44. The quantitative estimate of drug-likeness (QED) is 0.755. The van der Waals surface area contributed by atoms with Gasteiger partial charge in [0.25, 0.3) is 0 Å². The van der Waals surface area contributed by atoms with Gasteiger partial charge in [0.2, 0.25) is 0 Å². The Bertz CT molecular complexity index is 417. The molecule has 0 bridgehead atoms. The van der Waals surface area contributed by atoms with Gasteiger partial charge in [0.15, 0.2) is 0 Å². The summed E-state index contributed by atoms with van der Waals surface area (Å²) in [7, 11) is 2.11. The van der Waals surface area contributed by atoms with Crippen molar-refractivity contribution in [2.45, 2.75) is 12.1 Å². The summed E-state index contributed by atoms with van der Waals surface area (Å²) in [5.41, 5.74) is 2.23. The summed E-state index contributed by atoms with van der Waals surface area (Å²) >= 11 is 0. The number of fused-ring (bicyclic) bond motifs is 1. The normalized spacial score (nSPS) is 29.1. The van der Waals surface area contributed by atoms with Crippen molar-refractivity contribution in [3.63, 3.8) is 0 Å². The minimum absolute atomic E-state index is 0.215. The van der Waals surface area contributed by atoms with Crippen molar-refractivity contribution >= 4 is 5.69 Å². The Labute approximate surface area is 108 Å². The van der Waals surface area contributed by atoms with Crippen molar-refractivity contribution in [2.75, 3.05) is 44.7 Å².